The first-order chi connectivity index (χ1) is 13.2. The summed E-state index contributed by atoms with van der Waals surface area (Å²) < 4.78 is 5.14. The standard InChI is InChI=1S/C19H23N5O3/c1-27-9-8-24-15-3-2-14(18(24)25)11-23(12-15)19(26)17-10-16(21-22-17)13-4-6-20-7-5-13/h4-7,10,14-15H,2-3,8-9,11-12H2,1H3,(H,21,22). The minimum Gasteiger partial charge on any atom is -0.383 e. The molecule has 3 aliphatic rings. The number of piperidine rings is 1. The summed E-state index contributed by atoms with van der Waals surface area (Å²) in [5.74, 6) is -0.103. The van der Waals surface area contributed by atoms with E-state index in [1.807, 2.05) is 17.0 Å². The van der Waals surface area contributed by atoms with E-state index < -0.39 is 0 Å². The Labute approximate surface area is 157 Å². The second-order valence-corrected chi connectivity index (χ2v) is 7.07. The van der Waals surface area contributed by atoms with E-state index in [0.717, 1.165) is 18.4 Å². The van der Waals surface area contributed by atoms with Crippen LogP contribution >= 0.6 is 0 Å². The molecule has 27 heavy (non-hydrogen) atoms. The second-order valence-electron chi connectivity index (χ2n) is 7.07. The van der Waals surface area contributed by atoms with Gasteiger partial charge in [0.2, 0.25) is 5.91 Å². The summed E-state index contributed by atoms with van der Waals surface area (Å²) in [6.07, 6.45) is 5.15. The first-order valence-corrected chi connectivity index (χ1v) is 9.22. The van der Waals surface area contributed by atoms with Crippen LogP contribution in [-0.4, -0.2) is 76.2 Å². The number of H-pyrrole nitrogens is 1. The van der Waals surface area contributed by atoms with Gasteiger partial charge in [0.25, 0.3) is 5.91 Å². The monoisotopic (exact) mass is 369 g/mol. The van der Waals surface area contributed by atoms with Crippen molar-refractivity contribution in [2.75, 3.05) is 33.4 Å². The average Bonchev–Trinajstić information content (AvgIpc) is 3.04. The molecule has 2 bridgehead atoms. The van der Waals surface area contributed by atoms with E-state index in [4.69, 9.17) is 4.74 Å². The molecule has 1 N–H and O–H groups in total. The van der Waals surface area contributed by atoms with Gasteiger partial charge in [0, 0.05) is 50.7 Å². The van der Waals surface area contributed by atoms with Crippen molar-refractivity contribution in [3.63, 3.8) is 0 Å². The summed E-state index contributed by atoms with van der Waals surface area (Å²) in [4.78, 5) is 33.4. The van der Waals surface area contributed by atoms with Crippen LogP contribution in [0.3, 0.4) is 0 Å². The Morgan fingerprint density at radius 2 is 2.11 bits per heavy atom. The van der Waals surface area contributed by atoms with Crippen LogP contribution in [0, 0.1) is 5.92 Å². The van der Waals surface area contributed by atoms with Gasteiger partial charge in [-0.3, -0.25) is 19.7 Å². The Hall–Kier alpha value is -2.74. The van der Waals surface area contributed by atoms with Gasteiger partial charge in [-0.15, -0.1) is 0 Å². The van der Waals surface area contributed by atoms with Crippen LogP contribution in [0.1, 0.15) is 23.3 Å². The molecular weight excluding hydrogens is 346 g/mol. The number of aromatic nitrogens is 3. The van der Waals surface area contributed by atoms with E-state index in [1.165, 1.54) is 0 Å². The molecule has 142 valence electrons. The van der Waals surface area contributed by atoms with Gasteiger partial charge in [0.05, 0.1) is 18.2 Å². The summed E-state index contributed by atoms with van der Waals surface area (Å²) in [5.41, 5.74) is 2.05. The van der Waals surface area contributed by atoms with Crippen LogP contribution < -0.4 is 0 Å². The number of ether oxygens (including phenoxy) is 1. The largest absolute Gasteiger partial charge is 0.383 e. The molecule has 0 saturated carbocycles. The van der Waals surface area contributed by atoms with Crippen LogP contribution in [0.25, 0.3) is 11.3 Å². The van der Waals surface area contributed by atoms with E-state index in [2.05, 4.69) is 15.2 Å². The number of carbonyl (C=O) groups excluding carboxylic acids is 2. The van der Waals surface area contributed by atoms with Gasteiger partial charge in [-0.1, -0.05) is 0 Å². The molecule has 5 heterocycles. The Balaban J connectivity index is 1.52. The predicted octanol–water partition coefficient (Wildman–Crippen LogP) is 1.18. The number of nitrogens with zero attached hydrogens (tertiary/aromatic N) is 4. The van der Waals surface area contributed by atoms with Gasteiger partial charge in [-0.05, 0) is 31.0 Å². The number of amides is 2. The third-order valence-corrected chi connectivity index (χ3v) is 5.40. The maximum absolute atomic E-state index is 13.0. The van der Waals surface area contributed by atoms with E-state index in [9.17, 15) is 9.59 Å². The normalized spacial score (nSPS) is 22.2. The van der Waals surface area contributed by atoms with Crippen molar-refractivity contribution in [2.24, 2.45) is 5.92 Å². The number of fused-ring (bicyclic) bond motifs is 4. The smallest absolute Gasteiger partial charge is 0.271 e. The van der Waals surface area contributed by atoms with Crippen LogP contribution in [0.4, 0.5) is 0 Å². The number of nitrogens with one attached hydrogen (secondary N) is 1. The van der Waals surface area contributed by atoms with Crippen molar-refractivity contribution >= 4 is 11.8 Å². The third-order valence-electron chi connectivity index (χ3n) is 5.40. The highest BCUT2D eigenvalue weighted by Crippen LogP contribution is 2.30. The van der Waals surface area contributed by atoms with Gasteiger partial charge in [0.15, 0.2) is 0 Å². The van der Waals surface area contributed by atoms with E-state index in [1.54, 1.807) is 30.5 Å². The number of pyridine rings is 1. The maximum atomic E-state index is 13.0. The van der Waals surface area contributed by atoms with E-state index >= 15 is 0 Å². The fourth-order valence-corrected chi connectivity index (χ4v) is 3.96. The molecule has 3 fully saturated rings. The second kappa shape index (κ2) is 7.48. The Kier molecular flexibility index (Phi) is 4.89. The van der Waals surface area contributed by atoms with Crippen molar-refractivity contribution in [3.8, 4) is 11.3 Å². The number of rotatable bonds is 5. The quantitative estimate of drug-likeness (QED) is 0.855. The lowest BCUT2D eigenvalue weighted by Gasteiger charge is -2.35. The Morgan fingerprint density at radius 3 is 2.89 bits per heavy atom. The Morgan fingerprint density at radius 1 is 1.30 bits per heavy atom. The van der Waals surface area contributed by atoms with Crippen LogP contribution in [0.15, 0.2) is 30.6 Å². The highest BCUT2D eigenvalue weighted by atomic mass is 16.5. The summed E-state index contributed by atoms with van der Waals surface area (Å²) >= 11 is 0. The molecule has 2 aromatic heterocycles. The zero-order chi connectivity index (χ0) is 18.8. The molecule has 2 aromatic rings. The minimum absolute atomic E-state index is 0.0536. The average molecular weight is 369 g/mol. The van der Waals surface area contributed by atoms with Crippen LogP contribution in [0.2, 0.25) is 0 Å². The number of aromatic amines is 1. The molecular formula is C19H23N5O3. The van der Waals surface area contributed by atoms with Gasteiger partial charge in [-0.25, -0.2) is 0 Å². The molecule has 2 atom stereocenters. The lowest BCUT2D eigenvalue weighted by molar-refractivity contribution is -0.140. The number of hydrogen-bond donors (Lipinski definition) is 1. The lowest BCUT2D eigenvalue weighted by Crippen LogP contribution is -2.49. The lowest BCUT2D eigenvalue weighted by atomic mass is 9.94. The SMILES string of the molecule is COCCN1C(=O)C2CCC1CN(C(=O)c1cc(-c3ccncc3)n[nH]1)C2. The molecule has 2 unspecified atom stereocenters. The maximum Gasteiger partial charge on any atom is 0.271 e. The topological polar surface area (TPSA) is 91.4 Å². The van der Waals surface area contributed by atoms with Gasteiger partial charge < -0.3 is 14.5 Å². The molecule has 8 heteroatoms. The first kappa shape index (κ1) is 17.7. The fraction of sp³-hybridized carbons (Fsp3) is 0.474. The highest BCUT2D eigenvalue weighted by molar-refractivity contribution is 5.94. The number of hydrogen-bond acceptors (Lipinski definition) is 5. The van der Waals surface area contributed by atoms with E-state index in [0.29, 0.717) is 37.6 Å². The number of carbonyl (C=O) groups is 2. The first-order valence-electron chi connectivity index (χ1n) is 9.22. The Bertz CT molecular complexity index is 822. The summed E-state index contributed by atoms with van der Waals surface area (Å²) in [6.45, 7) is 2.10. The van der Waals surface area contributed by atoms with Crippen molar-refractivity contribution in [3.05, 3.63) is 36.3 Å². The van der Waals surface area contributed by atoms with Crippen molar-refractivity contribution in [2.45, 2.75) is 18.9 Å². The molecule has 2 amide bonds. The molecule has 0 radical (unpaired) electrons. The number of methoxy groups -OCH3 is 1. The van der Waals surface area contributed by atoms with Crippen molar-refractivity contribution in [1.82, 2.24) is 25.0 Å². The van der Waals surface area contributed by atoms with Gasteiger partial charge in [0.1, 0.15) is 5.69 Å². The van der Waals surface area contributed by atoms with Gasteiger partial charge in [-0.2, -0.15) is 5.10 Å². The summed E-state index contributed by atoms with van der Waals surface area (Å²) in [7, 11) is 1.63. The van der Waals surface area contributed by atoms with Crippen molar-refractivity contribution in [1.29, 1.82) is 0 Å². The minimum atomic E-state index is -0.132. The summed E-state index contributed by atoms with van der Waals surface area (Å²) in [5, 5.41) is 7.10. The molecule has 8 nitrogen and oxygen atoms in total. The molecule has 5 rings (SSSR count). The predicted molar refractivity (Wildman–Crippen MR) is 97.8 cm³/mol. The molecule has 3 saturated heterocycles. The molecule has 0 spiro atoms. The van der Waals surface area contributed by atoms with Crippen LogP contribution in [0.5, 0.6) is 0 Å². The zero-order valence-electron chi connectivity index (χ0n) is 15.3. The van der Waals surface area contributed by atoms with E-state index in [-0.39, 0.29) is 23.8 Å². The molecule has 0 aliphatic carbocycles. The highest BCUT2D eigenvalue weighted by Gasteiger charge is 2.42. The summed E-state index contributed by atoms with van der Waals surface area (Å²) in [6, 6.07) is 5.51. The molecule has 3 aliphatic heterocycles. The van der Waals surface area contributed by atoms with Gasteiger partial charge >= 0.3 is 0 Å². The third kappa shape index (κ3) is 3.44. The molecule has 0 aromatic carbocycles. The zero-order valence-corrected chi connectivity index (χ0v) is 15.3. The fourth-order valence-electron chi connectivity index (χ4n) is 3.96. The van der Waals surface area contributed by atoms with Crippen LogP contribution in [-0.2, 0) is 9.53 Å². The van der Waals surface area contributed by atoms with Crippen molar-refractivity contribution < 1.29 is 14.3 Å².